The SMILES string of the molecule is C=C(/C=c1/c(-c2cc3c(-c4ccccn4)cncc3[nH]2)n[nH]/c1=C/C)c1cncc(NC(C)C)c1. The number of hydrogen-bond acceptors (Lipinski definition) is 5. The van der Waals surface area contributed by atoms with E-state index < -0.39 is 0 Å². The van der Waals surface area contributed by atoms with Gasteiger partial charge in [0.2, 0.25) is 0 Å². The minimum atomic E-state index is 0.318. The van der Waals surface area contributed by atoms with Crippen LogP contribution < -0.4 is 15.9 Å². The fourth-order valence-electron chi connectivity index (χ4n) is 4.13. The minimum absolute atomic E-state index is 0.318. The number of H-pyrrole nitrogens is 2. The van der Waals surface area contributed by atoms with Crippen LogP contribution in [0.15, 0.2) is 67.9 Å². The van der Waals surface area contributed by atoms with Gasteiger partial charge in [-0.3, -0.25) is 20.1 Å². The lowest BCUT2D eigenvalue weighted by atomic mass is 10.1. The molecule has 0 spiro atoms. The molecule has 5 heterocycles. The van der Waals surface area contributed by atoms with Gasteiger partial charge in [-0.25, -0.2) is 0 Å². The largest absolute Gasteiger partial charge is 0.382 e. The van der Waals surface area contributed by atoms with Crippen LogP contribution in [0.3, 0.4) is 0 Å². The molecule has 5 rings (SSSR count). The van der Waals surface area contributed by atoms with Crippen molar-refractivity contribution in [1.82, 2.24) is 30.1 Å². The molecule has 0 amide bonds. The topological polar surface area (TPSA) is 95.2 Å². The molecule has 3 N–H and O–H groups in total. The highest BCUT2D eigenvalue weighted by Crippen LogP contribution is 2.29. The summed E-state index contributed by atoms with van der Waals surface area (Å²) in [5, 5.41) is 14.1. The predicted molar refractivity (Wildman–Crippen MR) is 143 cm³/mol. The van der Waals surface area contributed by atoms with Crippen LogP contribution in [0.2, 0.25) is 0 Å². The second kappa shape index (κ2) is 9.38. The van der Waals surface area contributed by atoms with Crippen LogP contribution in [-0.4, -0.2) is 36.2 Å². The van der Waals surface area contributed by atoms with Crippen LogP contribution in [0.4, 0.5) is 5.69 Å². The summed E-state index contributed by atoms with van der Waals surface area (Å²) in [6.07, 6.45) is 13.2. The third-order valence-electron chi connectivity index (χ3n) is 5.75. The van der Waals surface area contributed by atoms with Gasteiger partial charge < -0.3 is 10.3 Å². The molecule has 0 aromatic carbocycles. The van der Waals surface area contributed by atoms with Crippen LogP contribution >= 0.6 is 0 Å². The first kappa shape index (κ1) is 22.3. The summed E-state index contributed by atoms with van der Waals surface area (Å²) >= 11 is 0. The number of fused-ring (bicyclic) bond motifs is 1. The van der Waals surface area contributed by atoms with Gasteiger partial charge in [-0.2, -0.15) is 5.10 Å². The summed E-state index contributed by atoms with van der Waals surface area (Å²) in [7, 11) is 0. The molecule has 35 heavy (non-hydrogen) atoms. The summed E-state index contributed by atoms with van der Waals surface area (Å²) in [6.45, 7) is 10.5. The number of aromatic nitrogens is 6. The van der Waals surface area contributed by atoms with E-state index in [4.69, 9.17) is 0 Å². The number of rotatable bonds is 6. The summed E-state index contributed by atoms with van der Waals surface area (Å²) in [4.78, 5) is 16.8. The first-order valence-electron chi connectivity index (χ1n) is 11.6. The molecule has 0 radical (unpaired) electrons. The van der Waals surface area contributed by atoms with E-state index in [2.05, 4.69) is 68.0 Å². The van der Waals surface area contributed by atoms with Crippen molar-refractivity contribution >= 4 is 34.3 Å². The normalized spacial score (nSPS) is 12.6. The van der Waals surface area contributed by atoms with Crippen molar-refractivity contribution in [2.45, 2.75) is 26.8 Å². The Morgan fingerprint density at radius 2 is 1.94 bits per heavy atom. The highest BCUT2D eigenvalue weighted by Gasteiger charge is 2.13. The van der Waals surface area contributed by atoms with Crippen LogP contribution in [0, 0.1) is 0 Å². The van der Waals surface area contributed by atoms with Gasteiger partial charge in [0.25, 0.3) is 0 Å². The number of nitrogens with one attached hydrogen (secondary N) is 3. The maximum Gasteiger partial charge on any atom is 0.116 e. The zero-order valence-corrected chi connectivity index (χ0v) is 20.0. The lowest BCUT2D eigenvalue weighted by molar-refractivity contribution is 0.897. The zero-order chi connectivity index (χ0) is 24.4. The summed E-state index contributed by atoms with van der Waals surface area (Å²) in [5.41, 5.74) is 7.24. The average Bonchev–Trinajstić information content (AvgIpc) is 3.48. The minimum Gasteiger partial charge on any atom is -0.382 e. The average molecular weight is 462 g/mol. The second-order valence-corrected chi connectivity index (χ2v) is 8.67. The number of hydrogen-bond donors (Lipinski definition) is 3. The van der Waals surface area contributed by atoms with E-state index in [1.165, 1.54) is 0 Å². The molecule has 7 nitrogen and oxygen atoms in total. The molecule has 0 unspecified atom stereocenters. The molecule has 0 aliphatic heterocycles. The Labute approximate surface area is 203 Å². The highest BCUT2D eigenvalue weighted by atomic mass is 15.1. The Hall–Kier alpha value is -4.52. The molecule has 0 saturated carbocycles. The Morgan fingerprint density at radius 3 is 2.71 bits per heavy atom. The Bertz CT molecular complexity index is 1630. The smallest absolute Gasteiger partial charge is 0.116 e. The van der Waals surface area contributed by atoms with Crippen LogP contribution in [0.1, 0.15) is 26.3 Å². The van der Waals surface area contributed by atoms with Crippen molar-refractivity contribution in [3.05, 3.63) is 84.0 Å². The predicted octanol–water partition coefficient (Wildman–Crippen LogP) is 4.52. The van der Waals surface area contributed by atoms with E-state index in [-0.39, 0.29) is 0 Å². The summed E-state index contributed by atoms with van der Waals surface area (Å²) < 4.78 is 0. The van der Waals surface area contributed by atoms with Gasteiger partial charge in [0.1, 0.15) is 5.69 Å². The van der Waals surface area contributed by atoms with E-state index in [9.17, 15) is 0 Å². The number of anilines is 1. The first-order valence-corrected chi connectivity index (χ1v) is 11.6. The monoisotopic (exact) mass is 461 g/mol. The van der Waals surface area contributed by atoms with Crippen molar-refractivity contribution in [2.75, 3.05) is 5.32 Å². The number of nitrogens with zero attached hydrogens (tertiary/aromatic N) is 4. The molecule has 0 bridgehead atoms. The number of pyridine rings is 3. The number of aromatic amines is 2. The zero-order valence-electron chi connectivity index (χ0n) is 20.0. The molecule has 0 atom stereocenters. The molecule has 5 aromatic rings. The van der Waals surface area contributed by atoms with E-state index in [1.807, 2.05) is 62.1 Å². The van der Waals surface area contributed by atoms with Gasteiger partial charge in [0.15, 0.2) is 0 Å². The van der Waals surface area contributed by atoms with Crippen molar-refractivity contribution < 1.29 is 0 Å². The molecular weight excluding hydrogens is 434 g/mol. The van der Waals surface area contributed by atoms with E-state index >= 15 is 0 Å². The van der Waals surface area contributed by atoms with Crippen molar-refractivity contribution in [2.24, 2.45) is 0 Å². The maximum atomic E-state index is 4.63. The van der Waals surface area contributed by atoms with Crippen LogP contribution in [-0.2, 0) is 0 Å². The van der Waals surface area contributed by atoms with Crippen LogP contribution in [0.25, 0.3) is 51.3 Å². The Balaban J connectivity index is 1.61. The maximum absolute atomic E-state index is 4.63. The molecular formula is C28H27N7. The molecule has 5 aromatic heterocycles. The highest BCUT2D eigenvalue weighted by molar-refractivity contribution is 5.97. The van der Waals surface area contributed by atoms with Crippen molar-refractivity contribution in [3.63, 3.8) is 0 Å². The van der Waals surface area contributed by atoms with E-state index in [1.54, 1.807) is 6.20 Å². The lowest BCUT2D eigenvalue weighted by Crippen LogP contribution is -2.23. The molecule has 7 heteroatoms. The lowest BCUT2D eigenvalue weighted by Gasteiger charge is -2.10. The third-order valence-corrected chi connectivity index (χ3v) is 5.75. The second-order valence-electron chi connectivity index (χ2n) is 8.67. The van der Waals surface area contributed by atoms with Gasteiger partial charge in [-0.05, 0) is 56.7 Å². The van der Waals surface area contributed by atoms with E-state index in [0.717, 1.165) is 60.9 Å². The Kier molecular flexibility index (Phi) is 5.97. The Morgan fingerprint density at radius 1 is 1.09 bits per heavy atom. The van der Waals surface area contributed by atoms with E-state index in [0.29, 0.717) is 6.04 Å². The third kappa shape index (κ3) is 4.48. The van der Waals surface area contributed by atoms with Crippen molar-refractivity contribution in [1.29, 1.82) is 0 Å². The number of allylic oxidation sites excluding steroid dienone is 1. The van der Waals surface area contributed by atoms with Gasteiger partial charge in [0.05, 0.1) is 34.1 Å². The molecule has 0 saturated heterocycles. The van der Waals surface area contributed by atoms with Gasteiger partial charge in [-0.15, -0.1) is 0 Å². The standard InChI is InChI=1S/C28H27N7/c1-5-24-22(10-18(4)19-11-20(14-29-13-19)32-17(2)3)28(35-34-24)26-12-21-23(15-30-16-27(21)33-26)25-8-6-7-9-31-25/h5-17,32-34H,4H2,1-3H3/b22-10+,24-5+. The summed E-state index contributed by atoms with van der Waals surface area (Å²) in [6, 6.07) is 10.4. The molecule has 0 aliphatic rings. The molecule has 0 aliphatic carbocycles. The first-order chi connectivity index (χ1) is 17.0. The van der Waals surface area contributed by atoms with Gasteiger partial charge in [0, 0.05) is 52.6 Å². The quantitative estimate of drug-likeness (QED) is 0.345. The van der Waals surface area contributed by atoms with Crippen LogP contribution in [0.5, 0.6) is 0 Å². The van der Waals surface area contributed by atoms with Gasteiger partial charge >= 0.3 is 0 Å². The molecule has 174 valence electrons. The fourth-order valence-corrected chi connectivity index (χ4v) is 4.13. The molecule has 0 fully saturated rings. The van der Waals surface area contributed by atoms with Crippen molar-refractivity contribution in [3.8, 4) is 22.6 Å². The fraction of sp³-hybridized carbons (Fsp3) is 0.143. The summed E-state index contributed by atoms with van der Waals surface area (Å²) in [5.74, 6) is 0. The van der Waals surface area contributed by atoms with Gasteiger partial charge in [-0.1, -0.05) is 18.7 Å².